The Bertz CT molecular complexity index is 387. The van der Waals surface area contributed by atoms with Gasteiger partial charge >= 0.3 is 6.18 Å². The number of aliphatic hydroxyl groups is 1. The largest absolute Gasteiger partial charge is 0.419 e. The van der Waals surface area contributed by atoms with Gasteiger partial charge in [0.1, 0.15) is 5.82 Å². The molecule has 0 aliphatic heterocycles. The van der Waals surface area contributed by atoms with Crippen molar-refractivity contribution in [3.8, 4) is 0 Å². The summed E-state index contributed by atoms with van der Waals surface area (Å²) in [5.41, 5.74) is -1.14. The SMILES string of the molecule is CCC(C)C(O)c1ccc(C(F)(F)F)c(F)c1. The standard InChI is InChI=1S/C12H14F4O/c1-3-7(2)11(17)8-4-5-9(10(13)6-8)12(14,15)16/h4-7,11,17H,3H2,1-2H3. The molecule has 0 aromatic heterocycles. The second-order valence-electron chi connectivity index (χ2n) is 4.07. The van der Waals surface area contributed by atoms with Gasteiger partial charge < -0.3 is 5.11 Å². The van der Waals surface area contributed by atoms with E-state index in [-0.39, 0.29) is 11.5 Å². The first-order chi connectivity index (χ1) is 7.77. The van der Waals surface area contributed by atoms with E-state index in [4.69, 9.17) is 0 Å². The molecule has 0 aliphatic rings. The summed E-state index contributed by atoms with van der Waals surface area (Å²) in [6, 6.07) is 2.53. The lowest BCUT2D eigenvalue weighted by molar-refractivity contribution is -0.140. The van der Waals surface area contributed by atoms with Gasteiger partial charge in [0.05, 0.1) is 11.7 Å². The summed E-state index contributed by atoms with van der Waals surface area (Å²) in [6.45, 7) is 3.59. The normalized spacial score (nSPS) is 15.7. The molecule has 0 heterocycles. The van der Waals surface area contributed by atoms with Crippen LogP contribution in [0.3, 0.4) is 0 Å². The van der Waals surface area contributed by atoms with Crippen LogP contribution in [-0.2, 0) is 6.18 Å². The molecule has 5 heteroatoms. The highest BCUT2D eigenvalue weighted by atomic mass is 19.4. The number of halogens is 4. The molecular formula is C12H14F4O. The van der Waals surface area contributed by atoms with E-state index in [0.29, 0.717) is 12.5 Å². The van der Waals surface area contributed by atoms with Crippen LogP contribution in [0.5, 0.6) is 0 Å². The average molecular weight is 250 g/mol. The van der Waals surface area contributed by atoms with Crippen LogP contribution in [-0.4, -0.2) is 5.11 Å². The van der Waals surface area contributed by atoms with Crippen molar-refractivity contribution in [2.45, 2.75) is 32.5 Å². The van der Waals surface area contributed by atoms with Gasteiger partial charge in [-0.1, -0.05) is 26.3 Å². The van der Waals surface area contributed by atoms with Crippen molar-refractivity contribution in [1.82, 2.24) is 0 Å². The zero-order valence-electron chi connectivity index (χ0n) is 9.55. The molecule has 17 heavy (non-hydrogen) atoms. The Labute approximate surface area is 97.1 Å². The number of aliphatic hydroxyl groups excluding tert-OH is 1. The fraction of sp³-hybridized carbons (Fsp3) is 0.500. The molecule has 0 bridgehead atoms. The highest BCUT2D eigenvalue weighted by Crippen LogP contribution is 2.33. The lowest BCUT2D eigenvalue weighted by Crippen LogP contribution is -2.12. The van der Waals surface area contributed by atoms with E-state index < -0.39 is 23.7 Å². The van der Waals surface area contributed by atoms with Crippen molar-refractivity contribution >= 4 is 0 Å². The van der Waals surface area contributed by atoms with Crippen LogP contribution in [0.25, 0.3) is 0 Å². The fourth-order valence-electron chi connectivity index (χ4n) is 1.50. The molecule has 0 saturated heterocycles. The lowest BCUT2D eigenvalue weighted by atomic mass is 9.94. The molecule has 1 nitrogen and oxygen atoms in total. The van der Waals surface area contributed by atoms with Crippen LogP contribution < -0.4 is 0 Å². The number of alkyl halides is 3. The topological polar surface area (TPSA) is 20.2 Å². The van der Waals surface area contributed by atoms with E-state index in [1.807, 2.05) is 6.92 Å². The van der Waals surface area contributed by atoms with Gasteiger partial charge in [-0.2, -0.15) is 13.2 Å². The quantitative estimate of drug-likeness (QED) is 0.806. The molecule has 0 spiro atoms. The molecule has 2 unspecified atom stereocenters. The third kappa shape index (κ3) is 3.19. The highest BCUT2D eigenvalue weighted by Gasteiger charge is 2.34. The van der Waals surface area contributed by atoms with Crippen molar-refractivity contribution in [1.29, 1.82) is 0 Å². The molecule has 96 valence electrons. The van der Waals surface area contributed by atoms with Crippen LogP contribution in [0.4, 0.5) is 17.6 Å². The summed E-state index contributed by atoms with van der Waals surface area (Å²) >= 11 is 0. The summed E-state index contributed by atoms with van der Waals surface area (Å²) in [6.07, 6.45) is -5.00. The van der Waals surface area contributed by atoms with E-state index in [0.717, 1.165) is 12.1 Å². The van der Waals surface area contributed by atoms with Gasteiger partial charge in [-0.05, 0) is 23.6 Å². The average Bonchev–Trinajstić information content (AvgIpc) is 2.25. The summed E-state index contributed by atoms with van der Waals surface area (Å²) in [4.78, 5) is 0. The molecule has 1 rings (SSSR count). The first-order valence-electron chi connectivity index (χ1n) is 5.32. The van der Waals surface area contributed by atoms with Crippen LogP contribution in [0.15, 0.2) is 18.2 Å². The maximum absolute atomic E-state index is 13.2. The van der Waals surface area contributed by atoms with Gasteiger partial charge in [0, 0.05) is 0 Å². The van der Waals surface area contributed by atoms with Crippen molar-refractivity contribution in [3.05, 3.63) is 35.1 Å². The first kappa shape index (κ1) is 14.0. The Hall–Kier alpha value is -1.10. The van der Waals surface area contributed by atoms with Crippen LogP contribution >= 0.6 is 0 Å². The second-order valence-corrected chi connectivity index (χ2v) is 4.07. The van der Waals surface area contributed by atoms with Crippen molar-refractivity contribution in [2.75, 3.05) is 0 Å². The minimum atomic E-state index is -4.70. The van der Waals surface area contributed by atoms with E-state index in [9.17, 15) is 22.7 Å². The zero-order valence-corrected chi connectivity index (χ0v) is 9.55. The third-order valence-corrected chi connectivity index (χ3v) is 2.82. The molecule has 1 aromatic carbocycles. The van der Waals surface area contributed by atoms with Crippen LogP contribution in [0.1, 0.15) is 37.5 Å². The summed E-state index contributed by atoms with van der Waals surface area (Å²) < 4.78 is 50.2. The Morgan fingerprint density at radius 2 is 1.88 bits per heavy atom. The van der Waals surface area contributed by atoms with E-state index >= 15 is 0 Å². The molecule has 0 amide bonds. The van der Waals surface area contributed by atoms with Gasteiger partial charge in [-0.3, -0.25) is 0 Å². The Morgan fingerprint density at radius 3 is 2.29 bits per heavy atom. The predicted molar refractivity (Wildman–Crippen MR) is 55.8 cm³/mol. The molecule has 0 aliphatic carbocycles. The maximum atomic E-state index is 13.2. The van der Waals surface area contributed by atoms with Gasteiger partial charge in [-0.15, -0.1) is 0 Å². The lowest BCUT2D eigenvalue weighted by Gasteiger charge is -2.18. The van der Waals surface area contributed by atoms with E-state index in [1.165, 1.54) is 0 Å². The molecule has 0 fully saturated rings. The number of rotatable bonds is 3. The summed E-state index contributed by atoms with van der Waals surface area (Å²) in [5, 5.41) is 9.76. The minimum Gasteiger partial charge on any atom is -0.388 e. The molecule has 2 atom stereocenters. The Morgan fingerprint density at radius 1 is 1.29 bits per heavy atom. The summed E-state index contributed by atoms with van der Waals surface area (Å²) in [7, 11) is 0. The monoisotopic (exact) mass is 250 g/mol. The van der Waals surface area contributed by atoms with Crippen LogP contribution in [0, 0.1) is 11.7 Å². The number of hydrogen-bond donors (Lipinski definition) is 1. The van der Waals surface area contributed by atoms with Crippen LogP contribution in [0.2, 0.25) is 0 Å². The molecule has 1 aromatic rings. The van der Waals surface area contributed by atoms with Crippen molar-refractivity contribution in [2.24, 2.45) is 5.92 Å². The maximum Gasteiger partial charge on any atom is 0.419 e. The van der Waals surface area contributed by atoms with E-state index in [1.54, 1.807) is 6.92 Å². The number of benzene rings is 1. The smallest absolute Gasteiger partial charge is 0.388 e. The molecule has 0 saturated carbocycles. The molecular weight excluding hydrogens is 236 g/mol. The first-order valence-corrected chi connectivity index (χ1v) is 5.32. The van der Waals surface area contributed by atoms with Gasteiger partial charge in [0.2, 0.25) is 0 Å². The zero-order chi connectivity index (χ0) is 13.2. The second kappa shape index (κ2) is 5.04. The molecule has 0 radical (unpaired) electrons. The fourth-order valence-corrected chi connectivity index (χ4v) is 1.50. The number of hydrogen-bond acceptors (Lipinski definition) is 1. The van der Waals surface area contributed by atoms with Gasteiger partial charge in [0.25, 0.3) is 0 Å². The Balaban J connectivity index is 3.05. The van der Waals surface area contributed by atoms with E-state index in [2.05, 4.69) is 0 Å². The van der Waals surface area contributed by atoms with Crippen molar-refractivity contribution < 1.29 is 22.7 Å². The van der Waals surface area contributed by atoms with Gasteiger partial charge in [-0.25, -0.2) is 4.39 Å². The van der Waals surface area contributed by atoms with Crippen molar-refractivity contribution in [3.63, 3.8) is 0 Å². The molecule has 1 N–H and O–H groups in total. The Kier molecular flexibility index (Phi) is 4.14. The third-order valence-electron chi connectivity index (χ3n) is 2.82. The minimum absolute atomic E-state index is 0.133. The predicted octanol–water partition coefficient (Wildman–Crippen LogP) is 3.92. The highest BCUT2D eigenvalue weighted by molar-refractivity contribution is 5.28. The van der Waals surface area contributed by atoms with Gasteiger partial charge in [0.15, 0.2) is 0 Å². The summed E-state index contributed by atoms with van der Waals surface area (Å²) in [5.74, 6) is -1.48.